The van der Waals surface area contributed by atoms with Crippen LogP contribution in [-0.4, -0.2) is 28.8 Å². The Hall–Kier alpha value is -1.36. The highest BCUT2D eigenvalue weighted by molar-refractivity contribution is 5.76. The van der Waals surface area contributed by atoms with Gasteiger partial charge in [-0.3, -0.25) is 9.48 Å². The van der Waals surface area contributed by atoms with E-state index in [0.717, 1.165) is 25.0 Å². The highest BCUT2D eigenvalue weighted by Gasteiger charge is 2.32. The van der Waals surface area contributed by atoms with Crippen LogP contribution in [0.4, 0.5) is 0 Å². The molecule has 1 amide bonds. The molecule has 112 valence electrons. The first-order valence-electron chi connectivity index (χ1n) is 7.59. The van der Waals surface area contributed by atoms with Gasteiger partial charge in [0, 0.05) is 32.6 Å². The van der Waals surface area contributed by atoms with Crippen molar-refractivity contribution in [3.8, 4) is 0 Å². The van der Waals surface area contributed by atoms with Crippen molar-refractivity contribution in [2.45, 2.75) is 44.9 Å². The minimum Gasteiger partial charge on any atom is -0.356 e. The van der Waals surface area contributed by atoms with Crippen LogP contribution >= 0.6 is 0 Å². The van der Waals surface area contributed by atoms with E-state index in [1.54, 1.807) is 4.68 Å². The second-order valence-corrected chi connectivity index (χ2v) is 6.02. The van der Waals surface area contributed by atoms with Gasteiger partial charge in [-0.1, -0.05) is 19.3 Å². The van der Waals surface area contributed by atoms with E-state index in [4.69, 9.17) is 5.73 Å². The summed E-state index contributed by atoms with van der Waals surface area (Å²) in [6.07, 6.45) is 9.16. The van der Waals surface area contributed by atoms with Gasteiger partial charge in [-0.15, -0.1) is 0 Å². The number of nitrogens with zero attached hydrogens (tertiary/aromatic N) is 2. The fraction of sp³-hybridized carbons (Fsp3) is 0.733. The van der Waals surface area contributed by atoms with Gasteiger partial charge >= 0.3 is 0 Å². The summed E-state index contributed by atoms with van der Waals surface area (Å²) < 4.78 is 1.78. The molecule has 1 saturated carbocycles. The number of rotatable bonds is 6. The predicted molar refractivity (Wildman–Crippen MR) is 79.1 cm³/mol. The van der Waals surface area contributed by atoms with Crippen molar-refractivity contribution in [3.63, 3.8) is 0 Å². The molecule has 0 aromatic carbocycles. The Labute approximate surface area is 120 Å². The first-order valence-corrected chi connectivity index (χ1v) is 7.59. The van der Waals surface area contributed by atoms with Gasteiger partial charge in [0.05, 0.1) is 5.69 Å². The zero-order chi connectivity index (χ0) is 14.4. The number of nitrogens with two attached hydrogens (primary N) is 1. The zero-order valence-electron chi connectivity index (χ0n) is 12.4. The Kier molecular flexibility index (Phi) is 5.17. The lowest BCUT2D eigenvalue weighted by atomic mass is 9.71. The predicted octanol–water partition coefficient (Wildman–Crippen LogP) is 1.38. The maximum atomic E-state index is 12.1. The summed E-state index contributed by atoms with van der Waals surface area (Å²) in [4.78, 5) is 12.1. The van der Waals surface area contributed by atoms with Crippen molar-refractivity contribution in [1.82, 2.24) is 15.1 Å². The molecule has 0 atom stereocenters. The van der Waals surface area contributed by atoms with Gasteiger partial charge in [0.2, 0.25) is 5.91 Å². The molecule has 0 spiro atoms. The molecule has 2 rings (SSSR count). The van der Waals surface area contributed by atoms with Crippen LogP contribution < -0.4 is 11.1 Å². The molecule has 0 radical (unpaired) electrons. The molecule has 0 bridgehead atoms. The van der Waals surface area contributed by atoms with Crippen LogP contribution in [0, 0.1) is 5.41 Å². The molecule has 1 aliphatic rings. The van der Waals surface area contributed by atoms with E-state index in [9.17, 15) is 4.79 Å². The summed E-state index contributed by atoms with van der Waals surface area (Å²) in [7, 11) is 1.90. The van der Waals surface area contributed by atoms with Gasteiger partial charge in [0.15, 0.2) is 0 Å². The van der Waals surface area contributed by atoms with Crippen LogP contribution in [0.2, 0.25) is 0 Å². The number of carbonyl (C=O) groups is 1. The standard InChI is InChI=1S/C15H26N4O/c1-19-10-6-13(18-19)5-9-17-14(20)11-15(12-16)7-3-2-4-8-15/h6,10H,2-5,7-9,11-12,16H2,1H3,(H,17,20). The van der Waals surface area contributed by atoms with Crippen LogP contribution in [-0.2, 0) is 18.3 Å². The highest BCUT2D eigenvalue weighted by Crippen LogP contribution is 2.38. The molecule has 1 aromatic rings. The summed E-state index contributed by atoms with van der Waals surface area (Å²) in [5, 5.41) is 7.30. The average Bonchev–Trinajstić information content (AvgIpc) is 2.85. The Morgan fingerprint density at radius 3 is 2.80 bits per heavy atom. The van der Waals surface area contributed by atoms with Crippen molar-refractivity contribution in [2.24, 2.45) is 18.2 Å². The average molecular weight is 278 g/mol. The zero-order valence-corrected chi connectivity index (χ0v) is 12.4. The van der Waals surface area contributed by atoms with Crippen molar-refractivity contribution in [2.75, 3.05) is 13.1 Å². The Balaban J connectivity index is 1.74. The lowest BCUT2D eigenvalue weighted by molar-refractivity contribution is -0.123. The van der Waals surface area contributed by atoms with Gasteiger partial charge in [0.25, 0.3) is 0 Å². The third-order valence-corrected chi connectivity index (χ3v) is 4.35. The normalized spacial score (nSPS) is 17.9. The van der Waals surface area contributed by atoms with Crippen LogP contribution in [0.3, 0.4) is 0 Å². The van der Waals surface area contributed by atoms with Crippen LogP contribution in [0.15, 0.2) is 12.3 Å². The van der Waals surface area contributed by atoms with Crippen molar-refractivity contribution in [1.29, 1.82) is 0 Å². The Morgan fingerprint density at radius 2 is 2.20 bits per heavy atom. The quantitative estimate of drug-likeness (QED) is 0.825. The number of amides is 1. The van der Waals surface area contributed by atoms with E-state index < -0.39 is 0 Å². The molecule has 0 unspecified atom stereocenters. The molecular formula is C15H26N4O. The Morgan fingerprint density at radius 1 is 1.45 bits per heavy atom. The summed E-state index contributed by atoms with van der Waals surface area (Å²) in [6.45, 7) is 1.27. The fourth-order valence-electron chi connectivity index (χ4n) is 3.08. The van der Waals surface area contributed by atoms with E-state index in [2.05, 4.69) is 10.4 Å². The van der Waals surface area contributed by atoms with Gasteiger partial charge in [0.1, 0.15) is 0 Å². The number of hydrogen-bond acceptors (Lipinski definition) is 3. The van der Waals surface area contributed by atoms with Gasteiger partial charge in [-0.25, -0.2) is 0 Å². The lowest BCUT2D eigenvalue weighted by Gasteiger charge is -2.35. The van der Waals surface area contributed by atoms with Crippen LogP contribution in [0.5, 0.6) is 0 Å². The second kappa shape index (κ2) is 6.88. The SMILES string of the molecule is Cn1ccc(CCNC(=O)CC2(CN)CCCCC2)n1. The molecule has 0 aliphatic heterocycles. The summed E-state index contributed by atoms with van der Waals surface area (Å²) >= 11 is 0. The first kappa shape index (κ1) is 15.0. The molecule has 0 saturated heterocycles. The number of nitrogens with one attached hydrogen (secondary N) is 1. The molecule has 1 aromatic heterocycles. The molecule has 1 fully saturated rings. The van der Waals surface area contributed by atoms with E-state index in [1.807, 2.05) is 19.3 Å². The van der Waals surface area contributed by atoms with E-state index in [1.165, 1.54) is 19.3 Å². The number of aromatic nitrogens is 2. The second-order valence-electron chi connectivity index (χ2n) is 6.02. The maximum Gasteiger partial charge on any atom is 0.220 e. The van der Waals surface area contributed by atoms with E-state index in [0.29, 0.717) is 19.5 Å². The van der Waals surface area contributed by atoms with Crippen molar-refractivity contribution >= 4 is 5.91 Å². The first-order chi connectivity index (χ1) is 9.63. The summed E-state index contributed by atoms with van der Waals surface area (Å²) in [5.41, 5.74) is 6.98. The molecule has 5 nitrogen and oxygen atoms in total. The van der Waals surface area contributed by atoms with E-state index >= 15 is 0 Å². The topological polar surface area (TPSA) is 72.9 Å². The summed E-state index contributed by atoms with van der Waals surface area (Å²) in [6, 6.07) is 1.98. The number of hydrogen-bond donors (Lipinski definition) is 2. The highest BCUT2D eigenvalue weighted by atomic mass is 16.1. The molecule has 1 aliphatic carbocycles. The van der Waals surface area contributed by atoms with Gasteiger partial charge < -0.3 is 11.1 Å². The molecule has 20 heavy (non-hydrogen) atoms. The molecule has 1 heterocycles. The number of carbonyl (C=O) groups excluding carboxylic acids is 1. The van der Waals surface area contributed by atoms with E-state index in [-0.39, 0.29) is 11.3 Å². The van der Waals surface area contributed by atoms with Crippen molar-refractivity contribution in [3.05, 3.63) is 18.0 Å². The van der Waals surface area contributed by atoms with Gasteiger partial charge in [-0.05, 0) is 30.9 Å². The Bertz CT molecular complexity index is 435. The minimum atomic E-state index is 0.0489. The monoisotopic (exact) mass is 278 g/mol. The largest absolute Gasteiger partial charge is 0.356 e. The molecule has 5 heteroatoms. The van der Waals surface area contributed by atoms with Crippen molar-refractivity contribution < 1.29 is 4.79 Å². The maximum absolute atomic E-state index is 12.1. The summed E-state index contributed by atoms with van der Waals surface area (Å²) in [5.74, 6) is 0.133. The van der Waals surface area contributed by atoms with Gasteiger partial charge in [-0.2, -0.15) is 5.10 Å². The minimum absolute atomic E-state index is 0.0489. The van der Waals surface area contributed by atoms with Crippen LogP contribution in [0.25, 0.3) is 0 Å². The van der Waals surface area contributed by atoms with Crippen LogP contribution in [0.1, 0.15) is 44.2 Å². The fourth-order valence-corrected chi connectivity index (χ4v) is 3.08. The molecular weight excluding hydrogens is 252 g/mol. The third-order valence-electron chi connectivity index (χ3n) is 4.35. The smallest absolute Gasteiger partial charge is 0.220 e. The molecule has 3 N–H and O–H groups in total. The third kappa shape index (κ3) is 4.07. The lowest BCUT2D eigenvalue weighted by Crippen LogP contribution is -2.39. The number of aryl methyl sites for hydroxylation is 1.